The van der Waals surface area contributed by atoms with Crippen molar-refractivity contribution in [2.45, 2.75) is 77.7 Å². The van der Waals surface area contributed by atoms with E-state index < -0.39 is 11.4 Å². The first kappa shape index (κ1) is 23.6. The maximum atomic E-state index is 14.5. The second-order valence-electron chi connectivity index (χ2n) is 9.97. The first-order chi connectivity index (χ1) is 14.7. The highest BCUT2D eigenvalue weighted by atomic mass is 19.1. The SMILES string of the molecule is CC(C)(C)OC(=O)N1CCC(CCCCc2ccc(C(=O)N3CCCC3)c(F)c2)CC1. The van der Waals surface area contributed by atoms with E-state index in [0.29, 0.717) is 5.92 Å². The van der Waals surface area contributed by atoms with Gasteiger partial charge in [-0.3, -0.25) is 4.79 Å². The highest BCUT2D eigenvalue weighted by Crippen LogP contribution is 2.25. The molecule has 0 atom stereocenters. The number of unbranched alkanes of at least 4 members (excludes halogenated alkanes) is 1. The molecule has 2 amide bonds. The van der Waals surface area contributed by atoms with Crippen LogP contribution in [0, 0.1) is 11.7 Å². The number of rotatable bonds is 6. The van der Waals surface area contributed by atoms with E-state index in [0.717, 1.165) is 83.1 Å². The van der Waals surface area contributed by atoms with Crippen molar-refractivity contribution in [3.8, 4) is 0 Å². The zero-order chi connectivity index (χ0) is 22.4. The predicted molar refractivity (Wildman–Crippen MR) is 120 cm³/mol. The maximum absolute atomic E-state index is 14.5. The summed E-state index contributed by atoms with van der Waals surface area (Å²) < 4.78 is 19.9. The van der Waals surface area contributed by atoms with Gasteiger partial charge in [-0.1, -0.05) is 18.9 Å². The second-order valence-corrected chi connectivity index (χ2v) is 9.97. The third-order valence-corrected chi connectivity index (χ3v) is 6.25. The summed E-state index contributed by atoms with van der Waals surface area (Å²) in [6.45, 7) is 8.66. The minimum Gasteiger partial charge on any atom is -0.444 e. The van der Waals surface area contributed by atoms with Gasteiger partial charge in [0, 0.05) is 26.2 Å². The molecule has 0 radical (unpaired) electrons. The summed E-state index contributed by atoms with van der Waals surface area (Å²) in [4.78, 5) is 28.1. The second kappa shape index (κ2) is 10.5. The van der Waals surface area contributed by atoms with Crippen molar-refractivity contribution in [3.05, 3.63) is 35.1 Å². The third kappa shape index (κ3) is 6.94. The number of ether oxygens (including phenoxy) is 1. The average Bonchev–Trinajstić information content (AvgIpc) is 3.25. The molecule has 2 fully saturated rings. The van der Waals surface area contributed by atoms with Crippen LogP contribution in [0.5, 0.6) is 0 Å². The molecule has 1 aromatic rings. The van der Waals surface area contributed by atoms with Crippen molar-refractivity contribution >= 4 is 12.0 Å². The van der Waals surface area contributed by atoms with Crippen molar-refractivity contribution < 1.29 is 18.7 Å². The van der Waals surface area contributed by atoms with E-state index >= 15 is 0 Å². The summed E-state index contributed by atoms with van der Waals surface area (Å²) in [7, 11) is 0. The Bertz CT molecular complexity index is 761. The minimum atomic E-state index is -0.451. The highest BCUT2D eigenvalue weighted by Gasteiger charge is 2.26. The summed E-state index contributed by atoms with van der Waals surface area (Å²) in [6, 6.07) is 5.08. The summed E-state index contributed by atoms with van der Waals surface area (Å²) >= 11 is 0. The zero-order valence-corrected chi connectivity index (χ0v) is 19.3. The molecule has 0 aromatic heterocycles. The van der Waals surface area contributed by atoms with Gasteiger partial charge < -0.3 is 14.5 Å². The third-order valence-electron chi connectivity index (χ3n) is 6.25. The van der Waals surface area contributed by atoms with Gasteiger partial charge in [0.15, 0.2) is 0 Å². The van der Waals surface area contributed by atoms with Gasteiger partial charge in [0.1, 0.15) is 11.4 Å². The number of hydrogen-bond donors (Lipinski definition) is 0. The van der Waals surface area contributed by atoms with Crippen molar-refractivity contribution in [2.24, 2.45) is 5.92 Å². The first-order valence-electron chi connectivity index (χ1n) is 11.8. The number of piperidine rings is 1. The number of amides is 2. The van der Waals surface area contributed by atoms with Crippen LogP contribution in [0.25, 0.3) is 0 Å². The fourth-order valence-corrected chi connectivity index (χ4v) is 4.47. The molecule has 172 valence electrons. The normalized spacial score (nSPS) is 17.8. The number of hydrogen-bond acceptors (Lipinski definition) is 3. The first-order valence-corrected chi connectivity index (χ1v) is 11.8. The van der Waals surface area contributed by atoms with Crippen LogP contribution in [0.15, 0.2) is 18.2 Å². The van der Waals surface area contributed by atoms with Gasteiger partial charge in [0.05, 0.1) is 5.56 Å². The van der Waals surface area contributed by atoms with Crippen LogP contribution in [0.1, 0.15) is 81.6 Å². The van der Waals surface area contributed by atoms with Crippen LogP contribution in [-0.2, 0) is 11.2 Å². The Balaban J connectivity index is 1.36. The molecule has 0 bridgehead atoms. The summed E-state index contributed by atoms with van der Waals surface area (Å²) in [5.41, 5.74) is 0.699. The van der Waals surface area contributed by atoms with E-state index in [1.54, 1.807) is 11.0 Å². The molecule has 0 saturated carbocycles. The zero-order valence-electron chi connectivity index (χ0n) is 19.3. The lowest BCUT2D eigenvalue weighted by molar-refractivity contribution is 0.0180. The van der Waals surface area contributed by atoms with Crippen LogP contribution in [-0.4, -0.2) is 53.6 Å². The molecule has 5 nitrogen and oxygen atoms in total. The number of carbonyl (C=O) groups is 2. The van der Waals surface area contributed by atoms with Gasteiger partial charge in [-0.2, -0.15) is 0 Å². The summed E-state index contributed by atoms with van der Waals surface area (Å²) in [6.07, 6.45) is 7.89. The Hall–Kier alpha value is -2.11. The summed E-state index contributed by atoms with van der Waals surface area (Å²) in [5, 5.41) is 0. The van der Waals surface area contributed by atoms with Gasteiger partial charge in [0.25, 0.3) is 5.91 Å². The van der Waals surface area contributed by atoms with Crippen molar-refractivity contribution in [1.29, 1.82) is 0 Å². The summed E-state index contributed by atoms with van der Waals surface area (Å²) in [5.74, 6) is 0.0547. The van der Waals surface area contributed by atoms with E-state index in [4.69, 9.17) is 4.74 Å². The quantitative estimate of drug-likeness (QED) is 0.564. The molecule has 6 heteroatoms. The lowest BCUT2D eigenvalue weighted by Gasteiger charge is -2.33. The average molecular weight is 433 g/mol. The Morgan fingerprint density at radius 1 is 1.03 bits per heavy atom. The van der Waals surface area contributed by atoms with E-state index in [-0.39, 0.29) is 17.6 Å². The van der Waals surface area contributed by atoms with Gasteiger partial charge in [-0.25, -0.2) is 9.18 Å². The van der Waals surface area contributed by atoms with Crippen molar-refractivity contribution in [2.75, 3.05) is 26.2 Å². The van der Waals surface area contributed by atoms with E-state index in [9.17, 15) is 14.0 Å². The van der Waals surface area contributed by atoms with Crippen LogP contribution < -0.4 is 0 Å². The Morgan fingerprint density at radius 3 is 2.32 bits per heavy atom. The Morgan fingerprint density at radius 2 is 1.71 bits per heavy atom. The van der Waals surface area contributed by atoms with E-state index in [2.05, 4.69) is 0 Å². The topological polar surface area (TPSA) is 49.9 Å². The minimum absolute atomic E-state index is 0.181. The lowest BCUT2D eigenvalue weighted by atomic mass is 9.91. The molecule has 2 heterocycles. The fourth-order valence-electron chi connectivity index (χ4n) is 4.47. The van der Waals surface area contributed by atoms with Crippen LogP contribution in [0.3, 0.4) is 0 Å². The van der Waals surface area contributed by atoms with Crippen LogP contribution >= 0.6 is 0 Å². The molecule has 0 N–H and O–H groups in total. The molecular formula is C25H37FN2O3. The monoisotopic (exact) mass is 432 g/mol. The highest BCUT2D eigenvalue weighted by molar-refractivity contribution is 5.94. The van der Waals surface area contributed by atoms with Gasteiger partial charge >= 0.3 is 6.09 Å². The number of likely N-dealkylation sites (tertiary alicyclic amines) is 2. The van der Waals surface area contributed by atoms with E-state index in [1.807, 2.05) is 31.7 Å². The van der Waals surface area contributed by atoms with E-state index in [1.165, 1.54) is 6.07 Å². The van der Waals surface area contributed by atoms with Gasteiger partial charge in [-0.15, -0.1) is 0 Å². The van der Waals surface area contributed by atoms with Gasteiger partial charge in [-0.05, 0) is 82.9 Å². The van der Waals surface area contributed by atoms with Crippen LogP contribution in [0.2, 0.25) is 0 Å². The largest absolute Gasteiger partial charge is 0.444 e. The lowest BCUT2D eigenvalue weighted by Crippen LogP contribution is -2.41. The molecule has 31 heavy (non-hydrogen) atoms. The molecule has 2 aliphatic rings. The Labute approximate surface area is 185 Å². The molecule has 2 aliphatic heterocycles. The number of nitrogens with zero attached hydrogens (tertiary/aromatic N) is 2. The Kier molecular flexibility index (Phi) is 7.95. The smallest absolute Gasteiger partial charge is 0.410 e. The molecule has 0 spiro atoms. The fraction of sp³-hybridized carbons (Fsp3) is 0.680. The molecular weight excluding hydrogens is 395 g/mol. The number of halogens is 1. The predicted octanol–water partition coefficient (Wildman–Crippen LogP) is 5.42. The molecule has 0 aliphatic carbocycles. The van der Waals surface area contributed by atoms with Crippen LogP contribution in [0.4, 0.5) is 9.18 Å². The number of carbonyl (C=O) groups excluding carboxylic acids is 2. The molecule has 3 rings (SSSR count). The van der Waals surface area contributed by atoms with Gasteiger partial charge in [0.2, 0.25) is 0 Å². The number of aryl methyl sites for hydroxylation is 1. The van der Waals surface area contributed by atoms with Crippen molar-refractivity contribution in [3.63, 3.8) is 0 Å². The molecule has 2 saturated heterocycles. The maximum Gasteiger partial charge on any atom is 0.410 e. The standard InChI is InChI=1S/C25H37FN2O3/c1-25(2,3)31-24(30)28-16-12-19(13-17-28)8-4-5-9-20-10-11-21(22(26)18-20)23(29)27-14-6-7-15-27/h10-11,18-19H,4-9,12-17H2,1-3H3. The van der Waals surface area contributed by atoms with Crippen molar-refractivity contribution in [1.82, 2.24) is 9.80 Å². The molecule has 0 unspecified atom stereocenters. The molecule has 1 aromatic carbocycles. The number of benzene rings is 1.